The molecule has 1 aromatic carbocycles. The Morgan fingerprint density at radius 1 is 1.09 bits per heavy atom. The third kappa shape index (κ3) is 4.82. The van der Waals surface area contributed by atoms with E-state index in [2.05, 4.69) is 0 Å². The molecule has 1 aliphatic heterocycles. The van der Waals surface area contributed by atoms with E-state index in [4.69, 9.17) is 15.2 Å². The average molecular weight is 464 g/mol. The van der Waals surface area contributed by atoms with Crippen molar-refractivity contribution in [2.24, 2.45) is 5.73 Å². The topological polar surface area (TPSA) is 121 Å². The molecule has 1 saturated carbocycles. The van der Waals surface area contributed by atoms with Crippen LogP contribution >= 0.6 is 0 Å². The van der Waals surface area contributed by atoms with Crippen LogP contribution in [0.1, 0.15) is 38.5 Å². The van der Waals surface area contributed by atoms with Gasteiger partial charge >= 0.3 is 6.16 Å². The number of aromatic nitrogens is 1. The van der Waals surface area contributed by atoms with Crippen LogP contribution in [-0.2, 0) is 26.0 Å². The second kappa shape index (κ2) is 9.60. The molecule has 9 nitrogen and oxygen atoms in total. The highest BCUT2D eigenvalue weighted by Crippen LogP contribution is 2.26. The predicted molar refractivity (Wildman–Crippen MR) is 119 cm³/mol. The van der Waals surface area contributed by atoms with E-state index in [1.807, 2.05) is 0 Å². The van der Waals surface area contributed by atoms with Gasteiger partial charge in [-0.05, 0) is 50.3 Å². The molecule has 10 heteroatoms. The Kier molecular flexibility index (Phi) is 6.82. The predicted octanol–water partition coefficient (Wildman–Crippen LogP) is 2.21. The van der Waals surface area contributed by atoms with Gasteiger partial charge in [-0.1, -0.05) is 12.5 Å². The van der Waals surface area contributed by atoms with Crippen molar-refractivity contribution in [1.82, 2.24) is 8.87 Å². The van der Waals surface area contributed by atoms with E-state index in [1.54, 1.807) is 18.2 Å². The maximum absolute atomic E-state index is 13.1. The minimum atomic E-state index is -3.75. The summed E-state index contributed by atoms with van der Waals surface area (Å²) >= 11 is 0. The van der Waals surface area contributed by atoms with Crippen molar-refractivity contribution in [3.05, 3.63) is 40.8 Å². The van der Waals surface area contributed by atoms with E-state index < -0.39 is 16.2 Å². The standard InChI is InChI=1S/C22H29N3O6S/c23-16-9-12-25(15-16)32(28,29)20-8-4-7-19-18(20)10-11-24(21(19)26)13-14-30-22(27)31-17-5-2-1-3-6-17/h4,7-8,10-11,16-17H,1-3,5-6,9,12-15,23H2. The van der Waals surface area contributed by atoms with Gasteiger partial charge in [-0.2, -0.15) is 4.31 Å². The lowest BCUT2D eigenvalue weighted by Crippen LogP contribution is -2.32. The Labute approximate surface area is 187 Å². The van der Waals surface area contributed by atoms with Crippen molar-refractivity contribution in [2.45, 2.75) is 62.1 Å². The van der Waals surface area contributed by atoms with Crippen LogP contribution in [0.5, 0.6) is 0 Å². The normalized spacial score (nSPS) is 20.5. The van der Waals surface area contributed by atoms with Crippen LogP contribution in [0.15, 0.2) is 40.2 Å². The smallest absolute Gasteiger partial charge is 0.432 e. The van der Waals surface area contributed by atoms with E-state index in [0.717, 1.165) is 32.1 Å². The quantitative estimate of drug-likeness (QED) is 0.652. The highest BCUT2D eigenvalue weighted by atomic mass is 32.2. The fourth-order valence-electron chi connectivity index (χ4n) is 4.38. The molecule has 32 heavy (non-hydrogen) atoms. The Morgan fingerprint density at radius 2 is 1.88 bits per heavy atom. The first-order valence-corrected chi connectivity index (χ1v) is 12.5. The first kappa shape index (κ1) is 22.8. The van der Waals surface area contributed by atoms with Gasteiger partial charge in [0.2, 0.25) is 10.0 Å². The number of ether oxygens (including phenoxy) is 2. The van der Waals surface area contributed by atoms with E-state index in [-0.39, 0.29) is 42.3 Å². The molecule has 2 heterocycles. The van der Waals surface area contributed by atoms with Crippen molar-refractivity contribution in [2.75, 3.05) is 19.7 Å². The summed E-state index contributed by atoms with van der Waals surface area (Å²) in [6, 6.07) is 6.10. The summed E-state index contributed by atoms with van der Waals surface area (Å²) in [6.45, 7) is 0.766. The molecule has 1 unspecified atom stereocenters. The Balaban J connectivity index is 1.46. The first-order valence-electron chi connectivity index (χ1n) is 11.1. The van der Waals surface area contributed by atoms with Crippen molar-refractivity contribution in [1.29, 1.82) is 0 Å². The van der Waals surface area contributed by atoms with Gasteiger partial charge in [0.1, 0.15) is 12.7 Å². The molecule has 2 fully saturated rings. The van der Waals surface area contributed by atoms with Crippen molar-refractivity contribution >= 4 is 27.0 Å². The van der Waals surface area contributed by atoms with E-state index in [1.165, 1.54) is 21.1 Å². The number of sulfonamides is 1. The molecule has 0 bridgehead atoms. The van der Waals surface area contributed by atoms with Gasteiger partial charge in [-0.15, -0.1) is 0 Å². The van der Waals surface area contributed by atoms with Crippen molar-refractivity contribution in [3.63, 3.8) is 0 Å². The zero-order chi connectivity index (χ0) is 22.7. The van der Waals surface area contributed by atoms with Crippen LogP contribution < -0.4 is 11.3 Å². The number of nitrogens with two attached hydrogens (primary N) is 1. The van der Waals surface area contributed by atoms with E-state index in [0.29, 0.717) is 23.7 Å². The summed E-state index contributed by atoms with van der Waals surface area (Å²) < 4.78 is 39.4. The van der Waals surface area contributed by atoms with Crippen LogP contribution in [0.25, 0.3) is 10.8 Å². The third-order valence-corrected chi connectivity index (χ3v) is 8.07. The molecule has 1 aromatic heterocycles. The highest BCUT2D eigenvalue weighted by Gasteiger charge is 2.32. The fourth-order valence-corrected chi connectivity index (χ4v) is 6.10. The number of rotatable bonds is 6. The minimum Gasteiger partial charge on any atom is -0.432 e. The van der Waals surface area contributed by atoms with E-state index in [9.17, 15) is 18.0 Å². The monoisotopic (exact) mass is 463 g/mol. The molecule has 2 aliphatic rings. The molecule has 1 saturated heterocycles. The maximum Gasteiger partial charge on any atom is 0.508 e. The molecule has 2 N–H and O–H groups in total. The zero-order valence-electron chi connectivity index (χ0n) is 17.9. The fraction of sp³-hybridized carbons (Fsp3) is 0.545. The molecule has 0 radical (unpaired) electrons. The lowest BCUT2D eigenvalue weighted by Gasteiger charge is -2.21. The molecule has 174 valence electrons. The number of pyridine rings is 1. The average Bonchev–Trinajstić information content (AvgIpc) is 3.23. The summed E-state index contributed by atoms with van der Waals surface area (Å²) in [5.74, 6) is 0. The van der Waals surface area contributed by atoms with Gasteiger partial charge < -0.3 is 19.8 Å². The summed E-state index contributed by atoms with van der Waals surface area (Å²) in [6.07, 6.45) is 6.29. The zero-order valence-corrected chi connectivity index (χ0v) is 18.8. The Bertz CT molecular complexity index is 1140. The third-order valence-electron chi connectivity index (χ3n) is 6.15. The number of fused-ring (bicyclic) bond motifs is 1. The van der Waals surface area contributed by atoms with Crippen LogP contribution in [-0.4, -0.2) is 55.3 Å². The number of hydrogen-bond donors (Lipinski definition) is 1. The molecule has 2 aromatic rings. The SMILES string of the molecule is NC1CCN(S(=O)(=O)c2cccc3c(=O)n(CCOC(=O)OC4CCCCC4)ccc23)C1. The summed E-state index contributed by atoms with van der Waals surface area (Å²) in [5.41, 5.74) is 5.53. The van der Waals surface area contributed by atoms with Crippen LogP contribution in [0.3, 0.4) is 0 Å². The van der Waals surface area contributed by atoms with Gasteiger partial charge in [0.05, 0.1) is 11.4 Å². The van der Waals surface area contributed by atoms with Crippen LogP contribution in [0.2, 0.25) is 0 Å². The number of carbonyl (C=O) groups is 1. The van der Waals surface area contributed by atoms with Gasteiger partial charge in [0, 0.05) is 36.1 Å². The van der Waals surface area contributed by atoms with Crippen LogP contribution in [0.4, 0.5) is 4.79 Å². The lowest BCUT2D eigenvalue weighted by atomic mass is 9.98. The summed E-state index contributed by atoms with van der Waals surface area (Å²) in [7, 11) is -3.75. The molecular formula is C22H29N3O6S. The number of carbonyl (C=O) groups excluding carboxylic acids is 1. The molecule has 0 amide bonds. The lowest BCUT2D eigenvalue weighted by molar-refractivity contribution is 0.00979. The maximum atomic E-state index is 13.1. The summed E-state index contributed by atoms with van der Waals surface area (Å²) in [5, 5.41) is 0.661. The van der Waals surface area contributed by atoms with Gasteiger partial charge in [-0.3, -0.25) is 4.79 Å². The minimum absolute atomic E-state index is 0.0133. The Morgan fingerprint density at radius 3 is 2.59 bits per heavy atom. The number of nitrogens with zero attached hydrogens (tertiary/aromatic N) is 2. The molecule has 1 aliphatic carbocycles. The molecule has 1 atom stereocenters. The number of benzene rings is 1. The molecule has 4 rings (SSSR count). The van der Waals surface area contributed by atoms with E-state index >= 15 is 0 Å². The molecule has 0 spiro atoms. The first-order chi connectivity index (χ1) is 15.4. The molecular weight excluding hydrogens is 434 g/mol. The van der Waals surface area contributed by atoms with Crippen LogP contribution in [0, 0.1) is 0 Å². The summed E-state index contributed by atoms with van der Waals surface area (Å²) in [4.78, 5) is 24.9. The van der Waals surface area contributed by atoms with Gasteiger partial charge in [0.15, 0.2) is 0 Å². The highest BCUT2D eigenvalue weighted by molar-refractivity contribution is 7.89. The Hall–Kier alpha value is -2.43. The van der Waals surface area contributed by atoms with Crippen molar-refractivity contribution in [3.8, 4) is 0 Å². The second-order valence-corrected chi connectivity index (χ2v) is 10.3. The van der Waals surface area contributed by atoms with Crippen molar-refractivity contribution < 1.29 is 22.7 Å². The van der Waals surface area contributed by atoms with Gasteiger partial charge in [0.25, 0.3) is 5.56 Å². The largest absolute Gasteiger partial charge is 0.508 e. The second-order valence-electron chi connectivity index (χ2n) is 8.42. The van der Waals surface area contributed by atoms with Gasteiger partial charge in [-0.25, -0.2) is 13.2 Å². The number of hydrogen-bond acceptors (Lipinski definition) is 7.